The summed E-state index contributed by atoms with van der Waals surface area (Å²) < 4.78 is 8.81. The van der Waals surface area contributed by atoms with Crippen molar-refractivity contribution in [2.45, 2.75) is 66.1 Å². The van der Waals surface area contributed by atoms with Gasteiger partial charge in [-0.05, 0) is 81.7 Å². The van der Waals surface area contributed by atoms with E-state index in [-0.39, 0.29) is 31.9 Å². The van der Waals surface area contributed by atoms with Crippen molar-refractivity contribution in [3.05, 3.63) is 187 Å². The Labute approximate surface area is 391 Å². The Kier molecular flexibility index (Phi) is 12.8. The minimum absolute atomic E-state index is 0. The Morgan fingerprint density at radius 2 is 1.25 bits per heavy atom. The van der Waals surface area contributed by atoms with Gasteiger partial charge in [-0.3, -0.25) is 4.98 Å². The second kappa shape index (κ2) is 18.5. The van der Waals surface area contributed by atoms with Crippen LogP contribution in [-0.4, -0.2) is 27.6 Å². The predicted octanol–water partition coefficient (Wildman–Crippen LogP) is 14.8. The molecule has 0 aliphatic carbocycles. The number of aryl methyl sites for hydroxylation is 1. The van der Waals surface area contributed by atoms with Crippen LogP contribution in [0.25, 0.3) is 83.7 Å². The van der Waals surface area contributed by atoms with Crippen molar-refractivity contribution in [3.8, 4) is 50.6 Å². The minimum atomic E-state index is -1.27. The first kappa shape index (κ1) is 44.4. The molecule has 0 amide bonds. The van der Waals surface area contributed by atoms with E-state index in [1.165, 1.54) is 33.0 Å². The molecular formula is C57H52IrN4OSi-2. The van der Waals surface area contributed by atoms with Crippen LogP contribution >= 0.6 is 0 Å². The third-order valence-corrected chi connectivity index (χ3v) is 14.0. The first-order valence-electron chi connectivity index (χ1n) is 21.9. The SMILES string of the molecule is CC(C)c1cc(-c2ccccc2)cc(C(C)C)c1-n1c(-c2[c-]ccc3c2oc2ccccc23)nc2cc(-c3ccccc3)cnc21.Cc1cc(-c2[c-]cccc2)ncc1[Si](C)(C)C.[Ir]. The van der Waals surface area contributed by atoms with Crippen molar-refractivity contribution < 1.29 is 24.5 Å². The normalized spacial score (nSPS) is 11.6. The van der Waals surface area contributed by atoms with Gasteiger partial charge in [0.15, 0.2) is 5.65 Å². The maximum absolute atomic E-state index is 6.55. The molecule has 10 aromatic rings. The molecule has 7 heteroatoms. The molecule has 64 heavy (non-hydrogen) atoms. The van der Waals surface area contributed by atoms with Crippen molar-refractivity contribution in [3.63, 3.8) is 0 Å². The van der Waals surface area contributed by atoms with E-state index in [9.17, 15) is 0 Å². The van der Waals surface area contributed by atoms with E-state index in [1.54, 1.807) is 0 Å². The number of pyridine rings is 2. The molecule has 0 fully saturated rings. The maximum atomic E-state index is 6.55. The molecule has 6 aromatic carbocycles. The molecule has 4 heterocycles. The van der Waals surface area contributed by atoms with Crippen molar-refractivity contribution in [2.75, 3.05) is 0 Å². The van der Waals surface area contributed by atoms with Crippen LogP contribution in [0.4, 0.5) is 0 Å². The Bertz CT molecular complexity index is 3190. The number of para-hydroxylation sites is 1. The third kappa shape index (κ3) is 8.68. The van der Waals surface area contributed by atoms with Gasteiger partial charge < -0.3 is 14.0 Å². The zero-order valence-corrected chi connectivity index (χ0v) is 41.1. The fourth-order valence-corrected chi connectivity index (χ4v) is 10.4. The van der Waals surface area contributed by atoms with Gasteiger partial charge >= 0.3 is 0 Å². The summed E-state index contributed by atoms with van der Waals surface area (Å²) in [6.45, 7) is 18.3. The number of imidazole rings is 1. The maximum Gasteiger partial charge on any atom is 0.155 e. The molecule has 0 bridgehead atoms. The molecular weight excluding hydrogens is 977 g/mol. The van der Waals surface area contributed by atoms with Gasteiger partial charge in [-0.25, -0.2) is 4.98 Å². The first-order chi connectivity index (χ1) is 30.5. The Balaban J connectivity index is 0.000000262. The number of furan rings is 1. The summed E-state index contributed by atoms with van der Waals surface area (Å²) in [4.78, 5) is 15.1. The number of rotatable bonds is 8. The molecule has 0 saturated heterocycles. The van der Waals surface area contributed by atoms with Crippen LogP contribution < -0.4 is 5.19 Å². The van der Waals surface area contributed by atoms with Crippen molar-refractivity contribution >= 4 is 46.4 Å². The van der Waals surface area contributed by atoms with E-state index < -0.39 is 8.07 Å². The van der Waals surface area contributed by atoms with Gasteiger partial charge in [0.25, 0.3) is 0 Å². The number of hydrogen-bond acceptors (Lipinski definition) is 4. The smallest absolute Gasteiger partial charge is 0.155 e. The summed E-state index contributed by atoms with van der Waals surface area (Å²) >= 11 is 0. The Morgan fingerprint density at radius 3 is 1.88 bits per heavy atom. The molecule has 1 radical (unpaired) electrons. The molecule has 0 atom stereocenters. The van der Waals surface area contributed by atoms with Gasteiger partial charge in [0, 0.05) is 49.1 Å². The van der Waals surface area contributed by atoms with Gasteiger partial charge in [0.05, 0.1) is 25.0 Å². The Morgan fingerprint density at radius 1 is 0.609 bits per heavy atom. The molecule has 0 N–H and O–H groups in total. The van der Waals surface area contributed by atoms with Crippen LogP contribution in [0.3, 0.4) is 0 Å². The Hall–Kier alpha value is -6.24. The minimum Gasteiger partial charge on any atom is -0.501 e. The fourth-order valence-electron chi connectivity index (χ4n) is 8.65. The number of benzene rings is 6. The molecule has 0 aliphatic rings. The molecule has 10 rings (SSSR count). The van der Waals surface area contributed by atoms with E-state index in [1.807, 2.05) is 48.7 Å². The van der Waals surface area contributed by atoms with Crippen LogP contribution in [0.5, 0.6) is 0 Å². The largest absolute Gasteiger partial charge is 0.501 e. The summed E-state index contributed by atoms with van der Waals surface area (Å²) in [5, 5.41) is 3.57. The summed E-state index contributed by atoms with van der Waals surface area (Å²) in [6, 6.07) is 57.0. The van der Waals surface area contributed by atoms with E-state index in [2.05, 4.69) is 185 Å². The summed E-state index contributed by atoms with van der Waals surface area (Å²) in [5.41, 5.74) is 15.7. The molecule has 0 saturated carbocycles. The molecule has 0 unspecified atom stereocenters. The van der Waals surface area contributed by atoms with E-state index >= 15 is 0 Å². The molecule has 0 aliphatic heterocycles. The molecule has 5 nitrogen and oxygen atoms in total. The third-order valence-electron chi connectivity index (χ3n) is 11.8. The van der Waals surface area contributed by atoms with Gasteiger partial charge in [-0.1, -0.05) is 149 Å². The van der Waals surface area contributed by atoms with Crippen LogP contribution in [0.2, 0.25) is 19.6 Å². The summed E-state index contributed by atoms with van der Waals surface area (Å²) in [5.74, 6) is 1.26. The van der Waals surface area contributed by atoms with Crippen molar-refractivity contribution in [1.82, 2.24) is 19.5 Å². The van der Waals surface area contributed by atoms with Crippen LogP contribution in [0.15, 0.2) is 162 Å². The van der Waals surface area contributed by atoms with Crippen molar-refractivity contribution in [1.29, 1.82) is 0 Å². The van der Waals surface area contributed by atoms with Crippen LogP contribution in [0, 0.1) is 19.1 Å². The monoisotopic (exact) mass is 1030 g/mol. The number of nitrogens with zero attached hydrogens (tertiary/aromatic N) is 4. The van der Waals surface area contributed by atoms with Crippen molar-refractivity contribution in [2.24, 2.45) is 0 Å². The number of aromatic nitrogens is 4. The molecule has 4 aromatic heterocycles. The van der Waals surface area contributed by atoms with E-state index in [0.717, 1.165) is 72.6 Å². The first-order valence-corrected chi connectivity index (χ1v) is 25.4. The molecule has 321 valence electrons. The quantitative estimate of drug-likeness (QED) is 0.112. The van der Waals surface area contributed by atoms with Gasteiger partial charge in [0.2, 0.25) is 0 Å². The van der Waals surface area contributed by atoms with Gasteiger partial charge in [-0.2, -0.15) is 0 Å². The average molecular weight is 1030 g/mol. The summed E-state index contributed by atoms with van der Waals surface area (Å²) in [6.07, 6.45) is 4.02. The standard InChI is InChI=1S/C42H34N3O.C15H18NSi.Ir/c1-26(2)35-22-30(28-14-7-5-8-15-28)23-36(27(3)4)39(35)45-41(34-20-13-19-33-32-18-11-12-21-38(32)46-40(33)34)44-37-24-31(25-43-42(37)45)29-16-9-6-10-17-29;1-12-10-14(13-8-6-5-7-9-13)16-11-15(12)17(2,3)4;/h5-19,21-27H,1-4H3;5-8,10-11H,1-4H3;/q2*-1;. The number of hydrogen-bond donors (Lipinski definition) is 0. The van der Waals surface area contributed by atoms with Crippen LogP contribution in [0.1, 0.15) is 56.2 Å². The topological polar surface area (TPSA) is 56.7 Å². The van der Waals surface area contributed by atoms with Gasteiger partial charge in [-0.15, -0.1) is 54.1 Å². The number of fused-ring (bicyclic) bond motifs is 4. The van der Waals surface area contributed by atoms with Gasteiger partial charge in [0.1, 0.15) is 5.58 Å². The fraction of sp³-hybridized carbons (Fsp3) is 0.175. The van der Waals surface area contributed by atoms with E-state index in [4.69, 9.17) is 14.4 Å². The average Bonchev–Trinajstić information content (AvgIpc) is 3.87. The second-order valence-corrected chi connectivity index (χ2v) is 23.0. The summed E-state index contributed by atoms with van der Waals surface area (Å²) in [7, 11) is -1.27. The predicted molar refractivity (Wildman–Crippen MR) is 266 cm³/mol. The zero-order chi connectivity index (χ0) is 43.8. The zero-order valence-electron chi connectivity index (χ0n) is 37.7. The second-order valence-electron chi connectivity index (χ2n) is 18.0. The van der Waals surface area contributed by atoms with E-state index in [0.29, 0.717) is 0 Å². The van der Waals surface area contributed by atoms with Crippen LogP contribution in [-0.2, 0) is 20.1 Å². The molecule has 0 spiro atoms.